The van der Waals surface area contributed by atoms with Gasteiger partial charge in [0.25, 0.3) is 0 Å². The van der Waals surface area contributed by atoms with E-state index in [0.29, 0.717) is 6.54 Å². The average molecular weight is 403 g/mol. The fraction of sp³-hybridized carbons (Fsp3) is 0.263. The van der Waals surface area contributed by atoms with E-state index in [2.05, 4.69) is 15.2 Å². The molecule has 5 nitrogen and oxygen atoms in total. The lowest BCUT2D eigenvalue weighted by atomic mass is 9.98. The van der Waals surface area contributed by atoms with Gasteiger partial charge in [-0.3, -0.25) is 9.78 Å². The molecule has 0 saturated carbocycles. The molecule has 0 bridgehead atoms. The van der Waals surface area contributed by atoms with Gasteiger partial charge in [-0.2, -0.15) is 0 Å². The van der Waals surface area contributed by atoms with Crippen molar-refractivity contribution >= 4 is 29.0 Å². The van der Waals surface area contributed by atoms with Crippen LogP contribution in [0.25, 0.3) is 0 Å². The molecule has 0 aliphatic rings. The lowest BCUT2D eigenvalue weighted by molar-refractivity contribution is -0.130. The number of carbonyl (C=O) groups excluding carboxylic acids is 1. The van der Waals surface area contributed by atoms with Crippen molar-refractivity contribution in [2.24, 2.45) is 0 Å². The van der Waals surface area contributed by atoms with Crippen LogP contribution in [0.1, 0.15) is 30.5 Å². The van der Waals surface area contributed by atoms with Crippen LogP contribution in [0.3, 0.4) is 0 Å². The molecule has 0 aliphatic carbocycles. The van der Waals surface area contributed by atoms with E-state index in [9.17, 15) is 9.18 Å². The Morgan fingerprint density at radius 3 is 2.70 bits per heavy atom. The van der Waals surface area contributed by atoms with Crippen LogP contribution in [0.15, 0.2) is 58.6 Å². The molecule has 0 fully saturated rings. The molecule has 27 heavy (non-hydrogen) atoms. The molecule has 0 saturated heterocycles. The van der Waals surface area contributed by atoms with Gasteiger partial charge in [0, 0.05) is 18.9 Å². The highest BCUT2D eigenvalue weighted by Crippen LogP contribution is 2.30. The first kappa shape index (κ1) is 19.4. The van der Waals surface area contributed by atoms with Crippen molar-refractivity contribution in [3.8, 4) is 0 Å². The highest BCUT2D eigenvalue weighted by Gasteiger charge is 2.26. The molecule has 0 N–H and O–H groups in total. The summed E-state index contributed by atoms with van der Waals surface area (Å²) in [5, 5.41) is 7.77. The van der Waals surface area contributed by atoms with E-state index in [0.717, 1.165) is 21.9 Å². The number of hydrogen-bond donors (Lipinski definition) is 0. The Bertz CT molecular complexity index is 844. The van der Waals surface area contributed by atoms with Crippen molar-refractivity contribution in [2.75, 3.05) is 12.3 Å². The number of benzene rings is 1. The summed E-state index contributed by atoms with van der Waals surface area (Å²) in [4.78, 5) is 19.1. The second-order valence-corrected chi connectivity index (χ2v) is 7.88. The van der Waals surface area contributed by atoms with Crippen molar-refractivity contribution < 1.29 is 9.18 Å². The lowest BCUT2D eigenvalue weighted by Crippen LogP contribution is -2.37. The van der Waals surface area contributed by atoms with Gasteiger partial charge in [-0.15, -0.1) is 10.2 Å². The molecule has 3 aromatic rings. The summed E-state index contributed by atoms with van der Waals surface area (Å²) in [6.45, 7) is 2.62. The number of halogens is 1. The molecule has 1 atom stereocenters. The fourth-order valence-corrected chi connectivity index (χ4v) is 4.18. The molecule has 1 aromatic carbocycles. The Morgan fingerprint density at radius 2 is 2.07 bits per heavy atom. The summed E-state index contributed by atoms with van der Waals surface area (Å²) < 4.78 is 14.2. The predicted octanol–water partition coefficient (Wildman–Crippen LogP) is 4.19. The van der Waals surface area contributed by atoms with Gasteiger partial charge in [0.05, 0.1) is 11.8 Å². The van der Waals surface area contributed by atoms with Gasteiger partial charge in [-0.05, 0) is 35.7 Å². The van der Waals surface area contributed by atoms with E-state index in [1.807, 2.05) is 24.0 Å². The van der Waals surface area contributed by atoms with Crippen molar-refractivity contribution in [1.82, 2.24) is 20.1 Å². The third-order valence-electron chi connectivity index (χ3n) is 3.94. The molecular formula is C19H19FN4OS2. The zero-order valence-electron chi connectivity index (χ0n) is 14.8. The van der Waals surface area contributed by atoms with E-state index in [1.54, 1.807) is 30.0 Å². The molecule has 140 valence electrons. The topological polar surface area (TPSA) is 59.0 Å². The minimum Gasteiger partial charge on any atom is -0.331 e. The quantitative estimate of drug-likeness (QED) is 0.529. The number of carbonyl (C=O) groups is 1. The largest absolute Gasteiger partial charge is 0.331 e. The molecule has 2 aromatic heterocycles. The van der Waals surface area contributed by atoms with Crippen LogP contribution in [0.5, 0.6) is 0 Å². The molecule has 0 radical (unpaired) electrons. The van der Waals surface area contributed by atoms with Crippen LogP contribution in [0.2, 0.25) is 0 Å². The Hall–Kier alpha value is -2.32. The number of pyridine rings is 1. The Balaban J connectivity index is 1.90. The third kappa shape index (κ3) is 5.11. The SMILES string of the molecule is CCCN(C(=O)CSc1nncs1)C(c1ccc(F)cc1)c1cccnc1. The van der Waals surface area contributed by atoms with E-state index in [1.165, 1.54) is 35.2 Å². The minimum atomic E-state index is -0.318. The van der Waals surface area contributed by atoms with Crippen LogP contribution in [-0.4, -0.2) is 38.3 Å². The smallest absolute Gasteiger partial charge is 0.233 e. The molecule has 0 spiro atoms. The predicted molar refractivity (Wildman–Crippen MR) is 105 cm³/mol. The molecular weight excluding hydrogens is 383 g/mol. The highest BCUT2D eigenvalue weighted by atomic mass is 32.2. The highest BCUT2D eigenvalue weighted by molar-refractivity contribution is 8.01. The van der Waals surface area contributed by atoms with Crippen LogP contribution < -0.4 is 0 Å². The normalized spacial score (nSPS) is 11.9. The number of amides is 1. The molecule has 1 unspecified atom stereocenters. The fourth-order valence-electron chi connectivity index (χ4n) is 2.81. The summed E-state index contributed by atoms with van der Waals surface area (Å²) in [6.07, 6.45) is 4.26. The van der Waals surface area contributed by atoms with Crippen molar-refractivity contribution in [1.29, 1.82) is 0 Å². The minimum absolute atomic E-state index is 0.00442. The van der Waals surface area contributed by atoms with Crippen LogP contribution in [-0.2, 0) is 4.79 Å². The number of rotatable bonds is 8. The van der Waals surface area contributed by atoms with Gasteiger partial charge in [0.1, 0.15) is 11.3 Å². The van der Waals surface area contributed by atoms with Gasteiger partial charge < -0.3 is 4.90 Å². The molecule has 2 heterocycles. The Kier molecular flexibility index (Phi) is 6.89. The zero-order valence-corrected chi connectivity index (χ0v) is 16.4. The first-order valence-electron chi connectivity index (χ1n) is 8.53. The maximum atomic E-state index is 13.4. The zero-order chi connectivity index (χ0) is 19.1. The van der Waals surface area contributed by atoms with Crippen LogP contribution in [0.4, 0.5) is 4.39 Å². The first-order valence-corrected chi connectivity index (χ1v) is 10.4. The van der Waals surface area contributed by atoms with E-state index in [-0.39, 0.29) is 23.5 Å². The van der Waals surface area contributed by atoms with Gasteiger partial charge >= 0.3 is 0 Å². The van der Waals surface area contributed by atoms with E-state index in [4.69, 9.17) is 0 Å². The summed E-state index contributed by atoms with van der Waals surface area (Å²) in [7, 11) is 0. The van der Waals surface area contributed by atoms with Gasteiger partial charge in [0.15, 0.2) is 4.34 Å². The second-order valence-electron chi connectivity index (χ2n) is 5.82. The summed E-state index contributed by atoms with van der Waals surface area (Å²) in [5.41, 5.74) is 3.40. The average Bonchev–Trinajstić information content (AvgIpc) is 3.21. The molecule has 1 amide bonds. The standard InChI is InChI=1S/C19H19FN4OS2/c1-2-10-24(17(25)12-26-19-23-22-13-27-19)18(15-4-3-9-21-11-15)14-5-7-16(20)8-6-14/h3-9,11,13,18H,2,10,12H2,1H3. The number of thioether (sulfide) groups is 1. The van der Waals surface area contributed by atoms with Crippen molar-refractivity contribution in [3.05, 3.63) is 71.2 Å². The number of hydrogen-bond acceptors (Lipinski definition) is 6. The van der Waals surface area contributed by atoms with Gasteiger partial charge in [0.2, 0.25) is 5.91 Å². The molecule has 3 rings (SSSR count). The third-order valence-corrected chi connectivity index (χ3v) is 5.79. The molecule has 0 aliphatic heterocycles. The first-order chi connectivity index (χ1) is 13.2. The summed E-state index contributed by atoms with van der Waals surface area (Å²) >= 11 is 2.79. The second kappa shape index (κ2) is 9.57. The van der Waals surface area contributed by atoms with Crippen LogP contribution in [0, 0.1) is 5.82 Å². The summed E-state index contributed by atoms with van der Waals surface area (Å²) in [5.74, 6) is -0.0354. The molecule has 8 heteroatoms. The van der Waals surface area contributed by atoms with Crippen molar-refractivity contribution in [3.63, 3.8) is 0 Å². The van der Waals surface area contributed by atoms with Crippen LogP contribution >= 0.6 is 23.1 Å². The maximum Gasteiger partial charge on any atom is 0.233 e. The monoisotopic (exact) mass is 402 g/mol. The Morgan fingerprint density at radius 1 is 1.26 bits per heavy atom. The number of aromatic nitrogens is 3. The summed E-state index contributed by atoms with van der Waals surface area (Å²) in [6, 6.07) is 9.75. The van der Waals surface area contributed by atoms with E-state index >= 15 is 0 Å². The lowest BCUT2D eigenvalue weighted by Gasteiger charge is -2.32. The number of nitrogens with zero attached hydrogens (tertiary/aromatic N) is 4. The van der Waals surface area contributed by atoms with Gasteiger partial charge in [-0.25, -0.2) is 4.39 Å². The van der Waals surface area contributed by atoms with Crippen molar-refractivity contribution in [2.45, 2.75) is 23.7 Å². The Labute approximate surface area is 165 Å². The maximum absolute atomic E-state index is 13.4. The van der Waals surface area contributed by atoms with E-state index < -0.39 is 0 Å². The van der Waals surface area contributed by atoms with Gasteiger partial charge in [-0.1, -0.05) is 48.2 Å².